The molecule has 0 fully saturated rings. The van der Waals surface area contributed by atoms with Gasteiger partial charge in [0.1, 0.15) is 17.1 Å². The van der Waals surface area contributed by atoms with Gasteiger partial charge in [0.25, 0.3) is 11.6 Å². The van der Waals surface area contributed by atoms with Crippen LogP contribution in [0.4, 0.5) is 5.69 Å². The quantitative estimate of drug-likeness (QED) is 0.274. The normalized spacial score (nSPS) is 10.7. The summed E-state index contributed by atoms with van der Waals surface area (Å²) in [4.78, 5) is 34.1. The van der Waals surface area contributed by atoms with E-state index in [4.69, 9.17) is 16.0 Å². The van der Waals surface area contributed by atoms with Crippen molar-refractivity contribution in [3.63, 3.8) is 0 Å². The summed E-state index contributed by atoms with van der Waals surface area (Å²) in [6.45, 7) is 0. The van der Waals surface area contributed by atoms with Gasteiger partial charge in [-0.15, -0.1) is 0 Å². The largest absolute Gasteiger partial charge is 0.465 e. The number of esters is 1. The lowest BCUT2D eigenvalue weighted by atomic mass is 10.1. The number of amides is 1. The third kappa shape index (κ3) is 4.53. The third-order valence-corrected chi connectivity index (χ3v) is 4.30. The molecule has 30 heavy (non-hydrogen) atoms. The second-order valence-corrected chi connectivity index (χ2v) is 6.27. The van der Waals surface area contributed by atoms with Crippen LogP contribution in [0, 0.1) is 10.1 Å². The summed E-state index contributed by atoms with van der Waals surface area (Å²) < 4.78 is 10.3. The van der Waals surface area contributed by atoms with Gasteiger partial charge in [-0.05, 0) is 30.3 Å². The minimum atomic E-state index is -0.726. The van der Waals surface area contributed by atoms with Gasteiger partial charge in [-0.1, -0.05) is 29.8 Å². The Labute approximate surface area is 175 Å². The molecule has 0 aliphatic heterocycles. The van der Waals surface area contributed by atoms with E-state index in [9.17, 15) is 19.7 Å². The van der Waals surface area contributed by atoms with Gasteiger partial charge in [-0.3, -0.25) is 14.9 Å². The predicted octanol–water partition coefficient (Wildman–Crippen LogP) is 4.06. The number of furan rings is 1. The fourth-order valence-corrected chi connectivity index (χ4v) is 2.82. The van der Waals surface area contributed by atoms with Crippen molar-refractivity contribution >= 4 is 35.4 Å². The van der Waals surface area contributed by atoms with E-state index in [1.165, 1.54) is 43.7 Å². The SMILES string of the molecule is COC(=O)c1ccc(-c2ccc(/C=N\NC(=O)c3ccccc3[N+](=O)[O-])o2)cc1Cl. The maximum Gasteiger partial charge on any atom is 0.339 e. The molecule has 0 aliphatic rings. The zero-order valence-electron chi connectivity index (χ0n) is 15.5. The van der Waals surface area contributed by atoms with Crippen molar-refractivity contribution in [3.05, 3.63) is 86.6 Å². The van der Waals surface area contributed by atoms with Crippen molar-refractivity contribution in [1.82, 2.24) is 5.43 Å². The van der Waals surface area contributed by atoms with Crippen LogP contribution in [0.3, 0.4) is 0 Å². The van der Waals surface area contributed by atoms with E-state index in [2.05, 4.69) is 15.3 Å². The Hall–Kier alpha value is -3.98. The molecule has 3 rings (SSSR count). The summed E-state index contributed by atoms with van der Waals surface area (Å²) in [5.74, 6) is -0.496. The van der Waals surface area contributed by atoms with E-state index in [1.54, 1.807) is 24.3 Å². The van der Waals surface area contributed by atoms with E-state index in [0.29, 0.717) is 17.1 Å². The third-order valence-electron chi connectivity index (χ3n) is 3.99. The maximum atomic E-state index is 12.1. The van der Waals surface area contributed by atoms with Gasteiger partial charge < -0.3 is 9.15 Å². The molecular formula is C20H14ClN3O6. The molecule has 0 saturated carbocycles. The lowest BCUT2D eigenvalue weighted by Crippen LogP contribution is -2.18. The first-order valence-corrected chi connectivity index (χ1v) is 8.83. The molecular weight excluding hydrogens is 414 g/mol. The van der Waals surface area contributed by atoms with Crippen LogP contribution < -0.4 is 5.43 Å². The summed E-state index contributed by atoms with van der Waals surface area (Å²) in [6, 6.07) is 13.5. The number of hydrazone groups is 1. The van der Waals surface area contributed by atoms with Crippen LogP contribution in [0.15, 0.2) is 64.1 Å². The van der Waals surface area contributed by atoms with Gasteiger partial charge in [-0.2, -0.15) is 5.10 Å². The van der Waals surface area contributed by atoms with Crippen molar-refractivity contribution in [1.29, 1.82) is 0 Å². The summed E-state index contributed by atoms with van der Waals surface area (Å²) in [7, 11) is 1.26. The number of ether oxygens (including phenoxy) is 1. The Bertz CT molecular complexity index is 1150. The van der Waals surface area contributed by atoms with E-state index in [0.717, 1.165) is 0 Å². The Balaban J connectivity index is 1.71. The summed E-state index contributed by atoms with van der Waals surface area (Å²) in [5, 5.41) is 15.0. The molecule has 3 aromatic rings. The molecule has 10 heteroatoms. The highest BCUT2D eigenvalue weighted by atomic mass is 35.5. The molecule has 0 spiro atoms. The van der Waals surface area contributed by atoms with Crippen molar-refractivity contribution < 1.29 is 23.7 Å². The number of nitrogens with one attached hydrogen (secondary N) is 1. The maximum absolute atomic E-state index is 12.1. The van der Waals surface area contributed by atoms with Crippen molar-refractivity contribution in [2.45, 2.75) is 0 Å². The Kier molecular flexibility index (Phi) is 6.23. The minimum Gasteiger partial charge on any atom is -0.465 e. The van der Waals surface area contributed by atoms with Crippen LogP contribution in [0.1, 0.15) is 26.5 Å². The first-order chi connectivity index (χ1) is 14.4. The first-order valence-electron chi connectivity index (χ1n) is 8.45. The molecule has 0 atom stereocenters. The molecule has 1 aromatic heterocycles. The highest BCUT2D eigenvalue weighted by molar-refractivity contribution is 6.33. The van der Waals surface area contributed by atoms with Crippen LogP contribution in [0.25, 0.3) is 11.3 Å². The van der Waals surface area contributed by atoms with Crippen LogP contribution in [-0.2, 0) is 4.74 Å². The molecule has 1 heterocycles. The standard InChI is InChI=1S/C20H14ClN3O6/c1-29-20(26)14-8-6-12(10-16(14)21)18-9-7-13(30-18)11-22-23-19(25)15-4-2-3-5-17(15)24(27)28/h2-11H,1H3,(H,23,25)/b22-11-. The Morgan fingerprint density at radius 2 is 1.93 bits per heavy atom. The number of hydrogen-bond donors (Lipinski definition) is 1. The zero-order chi connectivity index (χ0) is 21.7. The van der Waals surface area contributed by atoms with Gasteiger partial charge in [-0.25, -0.2) is 10.2 Å². The summed E-state index contributed by atoms with van der Waals surface area (Å²) in [5.41, 5.74) is 2.64. The number of carbonyl (C=O) groups is 2. The van der Waals surface area contributed by atoms with Gasteiger partial charge in [0.15, 0.2) is 0 Å². The van der Waals surface area contributed by atoms with Crippen molar-refractivity contribution in [3.8, 4) is 11.3 Å². The Morgan fingerprint density at radius 1 is 1.17 bits per heavy atom. The van der Waals surface area contributed by atoms with Crippen LogP contribution in [-0.4, -0.2) is 30.1 Å². The van der Waals surface area contributed by atoms with Crippen LogP contribution in [0.5, 0.6) is 0 Å². The van der Waals surface area contributed by atoms with Gasteiger partial charge >= 0.3 is 5.97 Å². The summed E-state index contributed by atoms with van der Waals surface area (Å²) >= 11 is 6.11. The smallest absolute Gasteiger partial charge is 0.339 e. The molecule has 1 N–H and O–H groups in total. The first kappa shape index (κ1) is 20.7. The zero-order valence-corrected chi connectivity index (χ0v) is 16.3. The molecule has 0 radical (unpaired) electrons. The average Bonchev–Trinajstić information content (AvgIpc) is 3.22. The molecule has 0 bridgehead atoms. The number of nitrogens with zero attached hydrogens (tertiary/aromatic N) is 2. The van der Waals surface area contributed by atoms with E-state index < -0.39 is 16.8 Å². The molecule has 9 nitrogen and oxygen atoms in total. The molecule has 0 saturated heterocycles. The number of hydrogen-bond acceptors (Lipinski definition) is 7. The average molecular weight is 428 g/mol. The number of nitro groups is 1. The van der Waals surface area contributed by atoms with Crippen LogP contribution >= 0.6 is 11.6 Å². The number of benzene rings is 2. The topological polar surface area (TPSA) is 124 Å². The lowest BCUT2D eigenvalue weighted by Gasteiger charge is -2.04. The number of nitro benzene ring substituents is 1. The molecule has 152 valence electrons. The fourth-order valence-electron chi connectivity index (χ4n) is 2.56. The number of carbonyl (C=O) groups excluding carboxylic acids is 2. The van der Waals surface area contributed by atoms with Gasteiger partial charge in [0.2, 0.25) is 0 Å². The number of rotatable bonds is 6. The molecule has 2 aromatic carbocycles. The van der Waals surface area contributed by atoms with E-state index in [1.807, 2.05) is 0 Å². The highest BCUT2D eigenvalue weighted by Crippen LogP contribution is 2.27. The number of halogens is 1. The molecule has 1 amide bonds. The van der Waals surface area contributed by atoms with Gasteiger partial charge in [0.05, 0.1) is 28.8 Å². The van der Waals surface area contributed by atoms with E-state index in [-0.39, 0.29) is 21.8 Å². The lowest BCUT2D eigenvalue weighted by molar-refractivity contribution is -0.385. The fraction of sp³-hybridized carbons (Fsp3) is 0.0500. The second kappa shape index (κ2) is 9.01. The van der Waals surface area contributed by atoms with E-state index >= 15 is 0 Å². The minimum absolute atomic E-state index is 0.111. The van der Waals surface area contributed by atoms with Gasteiger partial charge in [0, 0.05) is 11.6 Å². The molecule has 0 unspecified atom stereocenters. The highest BCUT2D eigenvalue weighted by Gasteiger charge is 2.18. The molecule has 0 aliphatic carbocycles. The van der Waals surface area contributed by atoms with Crippen molar-refractivity contribution in [2.75, 3.05) is 7.11 Å². The second-order valence-electron chi connectivity index (χ2n) is 5.86. The number of methoxy groups -OCH3 is 1. The predicted molar refractivity (Wildman–Crippen MR) is 109 cm³/mol. The number of para-hydroxylation sites is 1. The summed E-state index contributed by atoms with van der Waals surface area (Å²) in [6.07, 6.45) is 1.25. The van der Waals surface area contributed by atoms with Crippen LogP contribution in [0.2, 0.25) is 5.02 Å². The van der Waals surface area contributed by atoms with Crippen molar-refractivity contribution in [2.24, 2.45) is 5.10 Å². The Morgan fingerprint density at radius 3 is 2.63 bits per heavy atom. The monoisotopic (exact) mass is 427 g/mol.